The van der Waals surface area contributed by atoms with E-state index in [2.05, 4.69) is 5.10 Å². The van der Waals surface area contributed by atoms with E-state index in [1.165, 1.54) is 16.8 Å². The smallest absolute Gasteiger partial charge is 0.311 e. The molecule has 0 fully saturated rings. The molecule has 0 N–H and O–H groups in total. The lowest BCUT2D eigenvalue weighted by molar-refractivity contribution is 0.414. The van der Waals surface area contributed by atoms with Crippen molar-refractivity contribution >= 4 is 10.1 Å². The molecular weight excluding hydrogens is 371 g/mol. The Morgan fingerprint density at radius 1 is 1.15 bits per heavy atom. The molecule has 0 bridgehead atoms. The number of benzene rings is 2. The molecular formula is C19H17FN2O4S. The maximum Gasteiger partial charge on any atom is 0.311 e. The van der Waals surface area contributed by atoms with Crippen molar-refractivity contribution in [2.75, 3.05) is 12.9 Å². The Bertz CT molecular complexity index is 1090. The van der Waals surface area contributed by atoms with E-state index in [4.69, 9.17) is 8.92 Å². The van der Waals surface area contributed by atoms with Gasteiger partial charge in [-0.3, -0.25) is 0 Å². The van der Waals surface area contributed by atoms with Crippen LogP contribution >= 0.6 is 0 Å². The molecule has 2 aromatic carbocycles. The van der Waals surface area contributed by atoms with E-state index in [1.54, 1.807) is 50.4 Å². The van der Waals surface area contributed by atoms with Crippen LogP contribution in [-0.4, -0.2) is 31.1 Å². The number of aromatic nitrogens is 2. The summed E-state index contributed by atoms with van der Waals surface area (Å²) < 4.78 is 50.0. The van der Waals surface area contributed by atoms with Crippen LogP contribution in [0.25, 0.3) is 5.69 Å². The fraction of sp³-hybridized carbons (Fsp3) is 0.211. The molecule has 2 heterocycles. The molecule has 1 atom stereocenters. The molecule has 1 aliphatic heterocycles. The number of halogens is 1. The molecule has 0 radical (unpaired) electrons. The van der Waals surface area contributed by atoms with Crippen molar-refractivity contribution in [3.63, 3.8) is 0 Å². The maximum atomic E-state index is 13.3. The predicted molar refractivity (Wildman–Crippen MR) is 97.5 cm³/mol. The summed E-state index contributed by atoms with van der Waals surface area (Å²) in [7, 11) is -2.25. The van der Waals surface area contributed by atoms with Crippen molar-refractivity contribution < 1.29 is 21.7 Å². The normalized spacial score (nSPS) is 17.8. The van der Waals surface area contributed by atoms with Gasteiger partial charge in [-0.05, 0) is 48.9 Å². The number of hydrogen-bond acceptors (Lipinski definition) is 5. The zero-order valence-electron chi connectivity index (χ0n) is 14.7. The van der Waals surface area contributed by atoms with E-state index in [9.17, 15) is 12.8 Å². The zero-order chi connectivity index (χ0) is 19.2. The average molecular weight is 388 g/mol. The molecule has 3 aromatic rings. The third kappa shape index (κ3) is 3.16. The summed E-state index contributed by atoms with van der Waals surface area (Å²) in [4.78, 5) is 0. The first-order valence-corrected chi connectivity index (χ1v) is 9.87. The van der Waals surface area contributed by atoms with Crippen LogP contribution in [0.15, 0.2) is 48.5 Å². The van der Waals surface area contributed by atoms with Gasteiger partial charge in [0, 0.05) is 11.5 Å². The highest BCUT2D eigenvalue weighted by Crippen LogP contribution is 2.41. The Hall–Kier alpha value is -2.87. The number of methoxy groups -OCH3 is 1. The van der Waals surface area contributed by atoms with Gasteiger partial charge in [-0.2, -0.15) is 18.2 Å². The summed E-state index contributed by atoms with van der Waals surface area (Å²) >= 11 is 0. The summed E-state index contributed by atoms with van der Waals surface area (Å²) in [5.41, 5.74) is 2.69. The minimum absolute atomic E-state index is 0.165. The van der Waals surface area contributed by atoms with Gasteiger partial charge in [0.05, 0.1) is 24.2 Å². The van der Waals surface area contributed by atoms with Gasteiger partial charge in [0.25, 0.3) is 0 Å². The number of hydrogen-bond donors (Lipinski definition) is 0. The summed E-state index contributed by atoms with van der Waals surface area (Å²) in [5.74, 6) is -0.237. The third-order valence-electron chi connectivity index (χ3n) is 4.58. The second-order valence-electron chi connectivity index (χ2n) is 6.33. The van der Waals surface area contributed by atoms with Gasteiger partial charge >= 0.3 is 10.1 Å². The van der Waals surface area contributed by atoms with Gasteiger partial charge in [0.2, 0.25) is 5.88 Å². The van der Waals surface area contributed by atoms with E-state index in [0.717, 1.165) is 0 Å². The van der Waals surface area contributed by atoms with Crippen LogP contribution < -0.4 is 8.92 Å². The molecule has 1 unspecified atom stereocenters. The molecule has 0 saturated carbocycles. The van der Waals surface area contributed by atoms with Gasteiger partial charge in [-0.1, -0.05) is 12.1 Å². The summed E-state index contributed by atoms with van der Waals surface area (Å²) in [6, 6.07) is 12.9. The molecule has 0 saturated heterocycles. The first-order chi connectivity index (χ1) is 12.9. The highest BCUT2D eigenvalue weighted by molar-refractivity contribution is 7.87. The molecule has 1 aliphatic rings. The van der Waals surface area contributed by atoms with Crippen molar-refractivity contribution in [3.05, 3.63) is 71.2 Å². The number of nitrogens with zero attached hydrogens (tertiary/aromatic N) is 2. The Labute approximate surface area is 156 Å². The Morgan fingerprint density at radius 2 is 1.81 bits per heavy atom. The molecule has 0 aliphatic carbocycles. The van der Waals surface area contributed by atoms with Crippen molar-refractivity contribution in [2.45, 2.75) is 12.8 Å². The fourth-order valence-electron chi connectivity index (χ4n) is 3.30. The molecule has 0 spiro atoms. The van der Waals surface area contributed by atoms with Crippen LogP contribution in [0.5, 0.6) is 11.6 Å². The van der Waals surface area contributed by atoms with E-state index >= 15 is 0 Å². The van der Waals surface area contributed by atoms with Gasteiger partial charge in [-0.25, -0.2) is 4.39 Å². The van der Waals surface area contributed by atoms with Crippen LogP contribution in [0.4, 0.5) is 4.39 Å². The van der Waals surface area contributed by atoms with Crippen LogP contribution in [-0.2, 0) is 10.1 Å². The fourth-order valence-corrected chi connectivity index (χ4v) is 4.53. The third-order valence-corrected chi connectivity index (χ3v) is 5.73. The first kappa shape index (κ1) is 17.5. The number of ether oxygens (including phenoxy) is 1. The minimum Gasteiger partial charge on any atom is -0.497 e. The lowest BCUT2D eigenvalue weighted by Crippen LogP contribution is -2.27. The van der Waals surface area contributed by atoms with Crippen molar-refractivity contribution in [2.24, 2.45) is 0 Å². The van der Waals surface area contributed by atoms with Crippen LogP contribution in [0.2, 0.25) is 0 Å². The number of aryl methyl sites for hydroxylation is 1. The lowest BCUT2D eigenvalue weighted by Gasteiger charge is -2.24. The van der Waals surface area contributed by atoms with Gasteiger partial charge < -0.3 is 8.92 Å². The topological polar surface area (TPSA) is 70.4 Å². The molecule has 4 rings (SSSR count). The van der Waals surface area contributed by atoms with E-state index < -0.39 is 16.0 Å². The summed E-state index contributed by atoms with van der Waals surface area (Å²) in [6.07, 6.45) is 0. The molecule has 6 nitrogen and oxygen atoms in total. The molecule has 140 valence electrons. The van der Waals surface area contributed by atoms with Gasteiger partial charge in [0.15, 0.2) is 0 Å². The lowest BCUT2D eigenvalue weighted by atomic mass is 9.93. The van der Waals surface area contributed by atoms with Crippen molar-refractivity contribution in [3.8, 4) is 17.3 Å². The Kier molecular flexibility index (Phi) is 4.15. The largest absolute Gasteiger partial charge is 0.497 e. The van der Waals surface area contributed by atoms with Gasteiger partial charge in [0.1, 0.15) is 11.6 Å². The Morgan fingerprint density at radius 3 is 2.44 bits per heavy atom. The average Bonchev–Trinajstić information content (AvgIpc) is 2.97. The number of fused-ring (bicyclic) bond motifs is 1. The van der Waals surface area contributed by atoms with Crippen molar-refractivity contribution in [1.29, 1.82) is 0 Å². The highest BCUT2D eigenvalue weighted by Gasteiger charge is 2.37. The molecule has 1 aromatic heterocycles. The van der Waals surface area contributed by atoms with E-state index in [0.29, 0.717) is 28.3 Å². The molecule has 27 heavy (non-hydrogen) atoms. The molecule has 8 heteroatoms. The van der Waals surface area contributed by atoms with Crippen LogP contribution in [0, 0.1) is 12.7 Å². The second-order valence-corrected chi connectivity index (χ2v) is 7.94. The van der Waals surface area contributed by atoms with E-state index in [-0.39, 0.29) is 17.5 Å². The number of rotatable bonds is 3. The van der Waals surface area contributed by atoms with Crippen LogP contribution in [0.1, 0.15) is 22.7 Å². The van der Waals surface area contributed by atoms with Crippen LogP contribution in [0.3, 0.4) is 0 Å². The summed E-state index contributed by atoms with van der Waals surface area (Å²) in [6.45, 7) is 1.80. The quantitative estimate of drug-likeness (QED) is 0.645. The van der Waals surface area contributed by atoms with Crippen molar-refractivity contribution in [1.82, 2.24) is 9.78 Å². The minimum atomic E-state index is -3.81. The van der Waals surface area contributed by atoms with E-state index in [1.807, 2.05) is 0 Å². The first-order valence-electron chi connectivity index (χ1n) is 8.29. The zero-order valence-corrected chi connectivity index (χ0v) is 15.5. The standard InChI is InChI=1S/C19H17FN2O4S/c1-12-18-17(13-3-5-14(20)6-4-13)11-27(23,24)26-19(18)22(21-12)15-7-9-16(25-2)10-8-15/h3-10,17H,11H2,1-2H3. The highest BCUT2D eigenvalue weighted by atomic mass is 32.2. The second kappa shape index (κ2) is 6.38. The summed E-state index contributed by atoms with van der Waals surface area (Å²) in [5, 5.41) is 4.49. The Balaban J connectivity index is 1.87. The SMILES string of the molecule is COc1ccc(-n2nc(C)c3c2OS(=O)(=O)CC3c2ccc(F)cc2)cc1. The molecule has 0 amide bonds. The predicted octanol–water partition coefficient (Wildman–Crippen LogP) is 3.18. The maximum absolute atomic E-state index is 13.3. The van der Waals surface area contributed by atoms with Gasteiger partial charge in [-0.15, -0.1) is 0 Å². The monoisotopic (exact) mass is 388 g/mol.